The van der Waals surface area contributed by atoms with Crippen molar-refractivity contribution >= 4 is 0 Å². The fraction of sp³-hybridized carbons (Fsp3) is 0.533. The Morgan fingerprint density at radius 2 is 2.15 bits per heavy atom. The Morgan fingerprint density at radius 3 is 2.75 bits per heavy atom. The van der Waals surface area contributed by atoms with Crippen LogP contribution in [0.2, 0.25) is 0 Å². The molecule has 1 aliphatic heterocycles. The fourth-order valence-electron chi connectivity index (χ4n) is 2.06. The minimum absolute atomic E-state index is 0.0758. The molecule has 1 aromatic carbocycles. The smallest absolute Gasteiger partial charge is 0.174 e. The largest absolute Gasteiger partial charge is 0.479 e. The second-order valence-corrected chi connectivity index (χ2v) is 5.17. The van der Waals surface area contributed by atoms with Gasteiger partial charge in [0.1, 0.15) is 11.8 Å². The van der Waals surface area contributed by atoms with Crippen molar-refractivity contribution in [2.75, 3.05) is 19.8 Å². The first-order chi connectivity index (χ1) is 9.59. The number of nitrogens with one attached hydrogen (secondary N) is 1. The first kappa shape index (κ1) is 14.8. The van der Waals surface area contributed by atoms with Crippen LogP contribution in [0.15, 0.2) is 24.3 Å². The molecule has 5 heteroatoms. The summed E-state index contributed by atoms with van der Waals surface area (Å²) in [5.74, 6) is 0.246. The summed E-state index contributed by atoms with van der Waals surface area (Å²) in [6.45, 7) is 6.07. The van der Waals surface area contributed by atoms with E-state index in [-0.39, 0.29) is 12.7 Å². The van der Waals surface area contributed by atoms with Crippen LogP contribution in [0.5, 0.6) is 5.75 Å². The van der Waals surface area contributed by atoms with Gasteiger partial charge in [-0.1, -0.05) is 12.1 Å². The molecule has 5 nitrogen and oxygen atoms in total. The molecular weight excluding hydrogens is 256 g/mol. The van der Waals surface area contributed by atoms with E-state index in [1.165, 1.54) is 0 Å². The van der Waals surface area contributed by atoms with Crippen molar-refractivity contribution < 1.29 is 14.2 Å². The highest BCUT2D eigenvalue weighted by Crippen LogP contribution is 2.21. The van der Waals surface area contributed by atoms with Crippen LogP contribution in [0, 0.1) is 11.3 Å². The summed E-state index contributed by atoms with van der Waals surface area (Å²) in [6.07, 6.45) is 0.100. The lowest BCUT2D eigenvalue weighted by Gasteiger charge is -2.17. The maximum atomic E-state index is 8.43. The SMILES string of the molecule is CC1(C)OCC(CNCc2ccc(OCC#N)cc2)O1. The molecule has 108 valence electrons. The van der Waals surface area contributed by atoms with Crippen molar-refractivity contribution in [2.24, 2.45) is 0 Å². The highest BCUT2D eigenvalue weighted by Gasteiger charge is 2.32. The standard InChI is InChI=1S/C15H20N2O3/c1-15(2)19-11-14(20-15)10-17-9-12-3-5-13(6-4-12)18-8-7-16/h3-6,14,17H,8-11H2,1-2H3. The summed E-state index contributed by atoms with van der Waals surface area (Å²) in [5, 5.41) is 11.8. The molecule has 0 aromatic heterocycles. The summed E-state index contributed by atoms with van der Waals surface area (Å²) in [7, 11) is 0. The Kier molecular flexibility index (Phi) is 4.96. The molecule has 1 unspecified atom stereocenters. The van der Waals surface area contributed by atoms with Crippen LogP contribution in [0.25, 0.3) is 0 Å². The Bertz CT molecular complexity index is 465. The topological polar surface area (TPSA) is 63.5 Å². The third kappa shape index (κ3) is 4.49. The lowest BCUT2D eigenvalue weighted by Crippen LogP contribution is -2.30. The molecule has 1 N–H and O–H groups in total. The quantitative estimate of drug-likeness (QED) is 0.858. The number of benzene rings is 1. The maximum Gasteiger partial charge on any atom is 0.174 e. The van der Waals surface area contributed by atoms with Gasteiger partial charge in [-0.05, 0) is 31.5 Å². The number of hydrogen-bond donors (Lipinski definition) is 1. The summed E-state index contributed by atoms with van der Waals surface area (Å²) < 4.78 is 16.4. The normalized spacial score (nSPS) is 20.6. The van der Waals surface area contributed by atoms with Crippen LogP contribution in [-0.4, -0.2) is 31.6 Å². The molecule has 2 rings (SSSR count). The lowest BCUT2D eigenvalue weighted by atomic mass is 10.2. The number of hydrogen-bond acceptors (Lipinski definition) is 5. The van der Waals surface area contributed by atoms with Gasteiger partial charge in [0.15, 0.2) is 12.4 Å². The van der Waals surface area contributed by atoms with Gasteiger partial charge in [0.05, 0.1) is 12.7 Å². The summed E-state index contributed by atoms with van der Waals surface area (Å²) in [6, 6.07) is 9.64. The van der Waals surface area contributed by atoms with Gasteiger partial charge >= 0.3 is 0 Å². The summed E-state index contributed by atoms with van der Waals surface area (Å²) in [5.41, 5.74) is 1.16. The zero-order valence-electron chi connectivity index (χ0n) is 11.9. The molecule has 1 aliphatic rings. The molecule has 0 bridgehead atoms. The van der Waals surface area contributed by atoms with Crippen LogP contribution in [0.3, 0.4) is 0 Å². The third-order valence-corrected chi connectivity index (χ3v) is 3.00. The molecule has 1 heterocycles. The number of nitrogens with zero attached hydrogens (tertiary/aromatic N) is 1. The van der Waals surface area contributed by atoms with Crippen LogP contribution >= 0.6 is 0 Å². The minimum atomic E-state index is -0.466. The van der Waals surface area contributed by atoms with Crippen molar-refractivity contribution in [2.45, 2.75) is 32.3 Å². The molecule has 0 saturated carbocycles. The Balaban J connectivity index is 1.71. The summed E-state index contributed by atoms with van der Waals surface area (Å²) >= 11 is 0. The van der Waals surface area contributed by atoms with E-state index in [2.05, 4.69) is 5.32 Å². The van der Waals surface area contributed by atoms with Crippen LogP contribution in [0.4, 0.5) is 0 Å². The minimum Gasteiger partial charge on any atom is -0.479 e. The van der Waals surface area contributed by atoms with E-state index in [1.54, 1.807) is 0 Å². The Hall–Kier alpha value is -1.61. The van der Waals surface area contributed by atoms with E-state index >= 15 is 0 Å². The number of rotatable bonds is 6. The lowest BCUT2D eigenvalue weighted by molar-refractivity contribution is -0.137. The first-order valence-electron chi connectivity index (χ1n) is 6.70. The van der Waals surface area contributed by atoms with Crippen molar-refractivity contribution in [3.63, 3.8) is 0 Å². The van der Waals surface area contributed by atoms with Gasteiger partial charge < -0.3 is 19.5 Å². The fourth-order valence-corrected chi connectivity index (χ4v) is 2.06. The molecule has 0 amide bonds. The Labute approximate surface area is 119 Å². The molecule has 1 saturated heterocycles. The van der Waals surface area contributed by atoms with E-state index in [4.69, 9.17) is 19.5 Å². The highest BCUT2D eigenvalue weighted by molar-refractivity contribution is 5.27. The number of nitriles is 1. The van der Waals surface area contributed by atoms with Gasteiger partial charge in [-0.15, -0.1) is 0 Å². The zero-order chi connectivity index (χ0) is 14.4. The molecule has 0 radical (unpaired) electrons. The maximum absolute atomic E-state index is 8.43. The zero-order valence-corrected chi connectivity index (χ0v) is 11.9. The van der Waals surface area contributed by atoms with Gasteiger partial charge in [-0.25, -0.2) is 0 Å². The first-order valence-corrected chi connectivity index (χ1v) is 6.70. The van der Waals surface area contributed by atoms with Gasteiger partial charge in [-0.2, -0.15) is 5.26 Å². The van der Waals surface area contributed by atoms with E-state index in [0.717, 1.165) is 18.7 Å². The predicted octanol–water partition coefficient (Wildman–Crippen LogP) is 1.83. The third-order valence-electron chi connectivity index (χ3n) is 3.00. The van der Waals surface area contributed by atoms with Crippen molar-refractivity contribution in [1.82, 2.24) is 5.32 Å². The Morgan fingerprint density at radius 1 is 1.40 bits per heavy atom. The predicted molar refractivity (Wildman–Crippen MR) is 74.2 cm³/mol. The van der Waals surface area contributed by atoms with Crippen molar-refractivity contribution in [3.8, 4) is 11.8 Å². The molecule has 0 spiro atoms. The van der Waals surface area contributed by atoms with Crippen molar-refractivity contribution in [3.05, 3.63) is 29.8 Å². The van der Waals surface area contributed by atoms with E-state index in [9.17, 15) is 0 Å². The average molecular weight is 276 g/mol. The second kappa shape index (κ2) is 6.71. The van der Waals surface area contributed by atoms with Crippen LogP contribution < -0.4 is 10.1 Å². The van der Waals surface area contributed by atoms with E-state index in [1.807, 2.05) is 44.2 Å². The molecule has 1 atom stereocenters. The van der Waals surface area contributed by atoms with Crippen LogP contribution in [-0.2, 0) is 16.0 Å². The molecule has 20 heavy (non-hydrogen) atoms. The van der Waals surface area contributed by atoms with E-state index < -0.39 is 5.79 Å². The number of ether oxygens (including phenoxy) is 3. The van der Waals surface area contributed by atoms with Gasteiger partial charge in [0, 0.05) is 13.1 Å². The van der Waals surface area contributed by atoms with E-state index in [0.29, 0.717) is 12.4 Å². The average Bonchev–Trinajstić information content (AvgIpc) is 2.77. The van der Waals surface area contributed by atoms with Gasteiger partial charge in [0.2, 0.25) is 0 Å². The van der Waals surface area contributed by atoms with Crippen LogP contribution in [0.1, 0.15) is 19.4 Å². The summed E-state index contributed by atoms with van der Waals surface area (Å²) in [4.78, 5) is 0. The highest BCUT2D eigenvalue weighted by atomic mass is 16.7. The molecule has 1 aromatic rings. The molecular formula is C15H20N2O3. The van der Waals surface area contributed by atoms with Crippen molar-refractivity contribution in [1.29, 1.82) is 5.26 Å². The van der Waals surface area contributed by atoms with Gasteiger partial charge in [0.25, 0.3) is 0 Å². The monoisotopic (exact) mass is 276 g/mol. The molecule has 0 aliphatic carbocycles. The van der Waals surface area contributed by atoms with Gasteiger partial charge in [-0.3, -0.25) is 0 Å². The molecule has 1 fully saturated rings. The second-order valence-electron chi connectivity index (χ2n) is 5.17.